The fourth-order valence-electron chi connectivity index (χ4n) is 2.21. The predicted octanol–water partition coefficient (Wildman–Crippen LogP) is 2.19. The van der Waals surface area contributed by atoms with Crippen LogP contribution < -0.4 is 10.1 Å². The quantitative estimate of drug-likeness (QED) is 0.921. The van der Waals surface area contributed by atoms with Crippen LogP contribution in [0.25, 0.3) is 0 Å². The van der Waals surface area contributed by atoms with Crippen molar-refractivity contribution >= 4 is 17.5 Å². The molecule has 1 amide bonds. The van der Waals surface area contributed by atoms with Gasteiger partial charge in [0.1, 0.15) is 5.75 Å². The molecule has 0 saturated carbocycles. The molecule has 2 rings (SSSR count). The van der Waals surface area contributed by atoms with Gasteiger partial charge in [0.15, 0.2) is 0 Å². The molecule has 0 aromatic heterocycles. The molecule has 104 valence electrons. The second-order valence-corrected chi connectivity index (χ2v) is 5.42. The molecular formula is C14H18ClNO3. The summed E-state index contributed by atoms with van der Waals surface area (Å²) < 4.78 is 10.5. The van der Waals surface area contributed by atoms with Crippen LogP contribution in [-0.4, -0.2) is 31.8 Å². The molecule has 19 heavy (non-hydrogen) atoms. The summed E-state index contributed by atoms with van der Waals surface area (Å²) >= 11 is 6.12. The molecule has 1 aliphatic heterocycles. The SMILES string of the molecule is COc1cccc(Cl)c1CC(=O)N[C@@]1(C)CCOC1. The van der Waals surface area contributed by atoms with Crippen molar-refractivity contribution in [1.29, 1.82) is 0 Å². The van der Waals surface area contributed by atoms with E-state index in [-0.39, 0.29) is 17.9 Å². The van der Waals surface area contributed by atoms with Gasteiger partial charge in [0.25, 0.3) is 0 Å². The normalized spacial score (nSPS) is 22.3. The second-order valence-electron chi connectivity index (χ2n) is 5.01. The van der Waals surface area contributed by atoms with E-state index >= 15 is 0 Å². The van der Waals surface area contributed by atoms with Crippen molar-refractivity contribution in [2.45, 2.75) is 25.3 Å². The van der Waals surface area contributed by atoms with Crippen LogP contribution in [0.4, 0.5) is 0 Å². The summed E-state index contributed by atoms with van der Waals surface area (Å²) in [6.07, 6.45) is 1.04. The average Bonchev–Trinajstić information content (AvgIpc) is 2.78. The van der Waals surface area contributed by atoms with Crippen LogP contribution in [0.2, 0.25) is 5.02 Å². The first kappa shape index (κ1) is 14.2. The number of amides is 1. The van der Waals surface area contributed by atoms with Gasteiger partial charge in [0, 0.05) is 17.2 Å². The molecule has 0 aliphatic carbocycles. The average molecular weight is 284 g/mol. The molecule has 0 bridgehead atoms. The third kappa shape index (κ3) is 3.39. The predicted molar refractivity (Wildman–Crippen MR) is 73.7 cm³/mol. The van der Waals surface area contributed by atoms with Gasteiger partial charge in [-0.2, -0.15) is 0 Å². The minimum Gasteiger partial charge on any atom is -0.496 e. The highest BCUT2D eigenvalue weighted by molar-refractivity contribution is 6.31. The maximum Gasteiger partial charge on any atom is 0.225 e. The fourth-order valence-corrected chi connectivity index (χ4v) is 2.44. The zero-order valence-corrected chi connectivity index (χ0v) is 11.9. The summed E-state index contributed by atoms with van der Waals surface area (Å²) in [7, 11) is 1.57. The minimum atomic E-state index is -0.272. The summed E-state index contributed by atoms with van der Waals surface area (Å²) in [5, 5.41) is 3.55. The Hall–Kier alpha value is -1.26. The largest absolute Gasteiger partial charge is 0.496 e. The van der Waals surface area contributed by atoms with E-state index in [4.69, 9.17) is 21.1 Å². The number of rotatable bonds is 4. The van der Waals surface area contributed by atoms with Crippen LogP contribution in [0, 0.1) is 0 Å². The molecule has 4 nitrogen and oxygen atoms in total. The van der Waals surface area contributed by atoms with Crippen molar-refractivity contribution in [1.82, 2.24) is 5.32 Å². The highest BCUT2D eigenvalue weighted by Gasteiger charge is 2.31. The van der Waals surface area contributed by atoms with Crippen LogP contribution in [0.3, 0.4) is 0 Å². The molecular weight excluding hydrogens is 266 g/mol. The van der Waals surface area contributed by atoms with E-state index in [1.165, 1.54) is 0 Å². The van der Waals surface area contributed by atoms with Crippen molar-refractivity contribution in [3.63, 3.8) is 0 Å². The summed E-state index contributed by atoms with van der Waals surface area (Å²) in [4.78, 5) is 12.1. The number of hydrogen-bond acceptors (Lipinski definition) is 3. The topological polar surface area (TPSA) is 47.6 Å². The van der Waals surface area contributed by atoms with Gasteiger partial charge in [0.05, 0.1) is 25.7 Å². The zero-order chi connectivity index (χ0) is 13.9. The molecule has 1 fully saturated rings. The Kier molecular flexibility index (Phi) is 4.32. The minimum absolute atomic E-state index is 0.0700. The van der Waals surface area contributed by atoms with E-state index in [2.05, 4.69) is 5.32 Å². The van der Waals surface area contributed by atoms with E-state index in [1.54, 1.807) is 25.3 Å². The number of ether oxygens (including phenoxy) is 2. The van der Waals surface area contributed by atoms with Crippen LogP contribution >= 0.6 is 11.6 Å². The highest BCUT2D eigenvalue weighted by atomic mass is 35.5. The van der Waals surface area contributed by atoms with E-state index in [1.807, 2.05) is 6.92 Å². The Morgan fingerprint density at radius 2 is 2.37 bits per heavy atom. The molecule has 0 unspecified atom stereocenters. The molecule has 0 radical (unpaired) electrons. The van der Waals surface area contributed by atoms with Gasteiger partial charge >= 0.3 is 0 Å². The lowest BCUT2D eigenvalue weighted by Gasteiger charge is -2.23. The summed E-state index contributed by atoms with van der Waals surface area (Å²) in [5.41, 5.74) is 0.442. The Morgan fingerprint density at radius 3 is 3.00 bits per heavy atom. The number of nitrogens with one attached hydrogen (secondary N) is 1. The smallest absolute Gasteiger partial charge is 0.225 e. The van der Waals surface area contributed by atoms with Crippen LogP contribution in [0.1, 0.15) is 18.9 Å². The van der Waals surface area contributed by atoms with Crippen molar-refractivity contribution in [3.8, 4) is 5.75 Å². The summed E-state index contributed by atoms with van der Waals surface area (Å²) in [6, 6.07) is 5.36. The number of benzene rings is 1. The van der Waals surface area contributed by atoms with Gasteiger partial charge in [-0.25, -0.2) is 0 Å². The standard InChI is InChI=1S/C14H18ClNO3/c1-14(6-7-19-9-14)16-13(17)8-10-11(15)4-3-5-12(10)18-2/h3-5H,6-9H2,1-2H3,(H,16,17)/t14-/m0/s1. The summed E-state index contributed by atoms with van der Waals surface area (Å²) in [6.45, 7) is 3.23. The Labute approximate surface area is 118 Å². The van der Waals surface area contributed by atoms with Crippen molar-refractivity contribution in [3.05, 3.63) is 28.8 Å². The lowest BCUT2D eigenvalue weighted by atomic mass is 10.0. The molecule has 1 aromatic carbocycles. The first-order valence-corrected chi connectivity index (χ1v) is 6.62. The van der Waals surface area contributed by atoms with Gasteiger partial charge in [-0.15, -0.1) is 0 Å². The van der Waals surface area contributed by atoms with Crippen LogP contribution in [-0.2, 0) is 16.0 Å². The molecule has 1 heterocycles. The van der Waals surface area contributed by atoms with E-state index in [0.29, 0.717) is 29.5 Å². The van der Waals surface area contributed by atoms with Gasteiger partial charge in [-0.05, 0) is 25.5 Å². The Morgan fingerprint density at radius 1 is 1.58 bits per heavy atom. The number of carbonyl (C=O) groups excluding carboxylic acids is 1. The number of hydrogen-bond donors (Lipinski definition) is 1. The molecule has 1 atom stereocenters. The van der Waals surface area contributed by atoms with Gasteiger partial charge in [-0.3, -0.25) is 4.79 Å². The Balaban J connectivity index is 2.06. The molecule has 1 N–H and O–H groups in total. The lowest BCUT2D eigenvalue weighted by Crippen LogP contribution is -2.47. The van der Waals surface area contributed by atoms with Crippen molar-refractivity contribution < 1.29 is 14.3 Å². The monoisotopic (exact) mass is 283 g/mol. The number of halogens is 1. The van der Waals surface area contributed by atoms with E-state index in [0.717, 1.165) is 6.42 Å². The fraction of sp³-hybridized carbons (Fsp3) is 0.500. The molecule has 1 aromatic rings. The van der Waals surface area contributed by atoms with Crippen molar-refractivity contribution in [2.24, 2.45) is 0 Å². The molecule has 5 heteroatoms. The van der Waals surface area contributed by atoms with E-state index in [9.17, 15) is 4.79 Å². The second kappa shape index (κ2) is 5.80. The van der Waals surface area contributed by atoms with Gasteiger partial charge in [-0.1, -0.05) is 17.7 Å². The van der Waals surface area contributed by atoms with E-state index < -0.39 is 0 Å². The van der Waals surface area contributed by atoms with Crippen LogP contribution in [0.5, 0.6) is 5.75 Å². The van der Waals surface area contributed by atoms with Gasteiger partial charge < -0.3 is 14.8 Å². The first-order chi connectivity index (χ1) is 9.04. The third-order valence-corrected chi connectivity index (χ3v) is 3.65. The molecule has 1 aliphatic rings. The lowest BCUT2D eigenvalue weighted by molar-refractivity contribution is -0.122. The maximum absolute atomic E-state index is 12.1. The highest BCUT2D eigenvalue weighted by Crippen LogP contribution is 2.27. The maximum atomic E-state index is 12.1. The summed E-state index contributed by atoms with van der Waals surface area (Å²) in [5.74, 6) is 0.565. The van der Waals surface area contributed by atoms with Crippen molar-refractivity contribution in [2.75, 3.05) is 20.3 Å². The van der Waals surface area contributed by atoms with Gasteiger partial charge in [0.2, 0.25) is 5.91 Å². The number of methoxy groups -OCH3 is 1. The number of carbonyl (C=O) groups is 1. The van der Waals surface area contributed by atoms with Crippen LogP contribution in [0.15, 0.2) is 18.2 Å². The zero-order valence-electron chi connectivity index (χ0n) is 11.2. The molecule has 1 saturated heterocycles. The third-order valence-electron chi connectivity index (χ3n) is 3.29. The first-order valence-electron chi connectivity index (χ1n) is 6.24. The Bertz CT molecular complexity index is 470. The molecule has 0 spiro atoms.